The summed E-state index contributed by atoms with van der Waals surface area (Å²) in [6, 6.07) is 36.1. The fraction of sp³-hybridized carbons (Fsp3) is 0.0769. The Labute approximate surface area is 389 Å². The first-order chi connectivity index (χ1) is 29.3. The molecule has 6 aromatic rings. The van der Waals surface area contributed by atoms with E-state index in [0.717, 1.165) is 0 Å². The second-order valence-corrected chi connectivity index (χ2v) is 13.3. The number of nitrogens with zero attached hydrogens (tertiary/aromatic N) is 4. The molecule has 0 aliphatic rings. The van der Waals surface area contributed by atoms with Crippen molar-refractivity contribution in [3.05, 3.63) is 216 Å². The van der Waals surface area contributed by atoms with Gasteiger partial charge in [-0.3, -0.25) is 20.0 Å². The van der Waals surface area contributed by atoms with E-state index in [1.807, 2.05) is 72.8 Å². The van der Waals surface area contributed by atoms with Crippen LogP contribution in [0.4, 0.5) is 22.7 Å². The summed E-state index contributed by atoms with van der Waals surface area (Å²) in [5.74, 6) is -0.233. The molecule has 6 aromatic carbocycles. The summed E-state index contributed by atoms with van der Waals surface area (Å²) in [5.41, 5.74) is 7.19. The summed E-state index contributed by atoms with van der Waals surface area (Å²) in [6.07, 6.45) is 15.1. The zero-order valence-electron chi connectivity index (χ0n) is 34.7. The van der Waals surface area contributed by atoms with Gasteiger partial charge in [0, 0.05) is 24.9 Å². The second-order valence-electron chi connectivity index (χ2n) is 13.3. The van der Waals surface area contributed by atoms with Crippen LogP contribution in [0, 0.1) is 0 Å². The van der Waals surface area contributed by atoms with Crippen molar-refractivity contribution in [3.8, 4) is 23.0 Å². The van der Waals surface area contributed by atoms with E-state index in [1.165, 1.54) is 0 Å². The molecule has 0 fully saturated rings. The molecule has 0 heterocycles. The van der Waals surface area contributed by atoms with Crippen molar-refractivity contribution in [1.82, 2.24) is 0 Å². The third-order valence-corrected chi connectivity index (χ3v) is 9.10. The van der Waals surface area contributed by atoms with Crippen LogP contribution < -0.4 is 20.4 Å². The predicted octanol–water partition coefficient (Wildman–Crippen LogP) is 9.58. The SMILES string of the molecule is C=CCc1cccc(C=Nc2ccccc2N=Cc2cccc(CC=C)c2[O-])c1[O-].C=CCc1cccc(C=Nc2ccccc2N=Cc2cccc(CC=C)c2[O-])c1[O-].[Zn+2].[Zn+2]. The van der Waals surface area contributed by atoms with E-state index in [2.05, 4.69) is 46.3 Å². The number of rotatable bonds is 16. The van der Waals surface area contributed by atoms with E-state index in [1.54, 1.807) is 97.7 Å². The predicted molar refractivity (Wildman–Crippen MR) is 241 cm³/mol. The number of para-hydroxylation sites is 8. The van der Waals surface area contributed by atoms with Gasteiger partial charge in [-0.25, -0.2) is 0 Å². The van der Waals surface area contributed by atoms with Crippen LogP contribution >= 0.6 is 0 Å². The maximum atomic E-state index is 12.5. The van der Waals surface area contributed by atoms with Crippen LogP contribution in [0.1, 0.15) is 44.5 Å². The first-order valence-electron chi connectivity index (χ1n) is 19.2. The molecule has 0 atom stereocenters. The van der Waals surface area contributed by atoms with Gasteiger partial charge in [-0.1, -0.05) is 167 Å². The van der Waals surface area contributed by atoms with Gasteiger partial charge in [0.2, 0.25) is 0 Å². The molecule has 0 spiro atoms. The molecule has 62 heavy (non-hydrogen) atoms. The van der Waals surface area contributed by atoms with Crippen LogP contribution in [0.25, 0.3) is 0 Å². The van der Waals surface area contributed by atoms with Gasteiger partial charge in [-0.2, -0.15) is 0 Å². The number of hydrogen-bond donors (Lipinski definition) is 0. The van der Waals surface area contributed by atoms with Crippen LogP contribution in [-0.4, -0.2) is 24.9 Å². The van der Waals surface area contributed by atoms with Gasteiger partial charge in [-0.05, 0) is 72.2 Å². The third-order valence-electron chi connectivity index (χ3n) is 9.10. The maximum Gasteiger partial charge on any atom is 2.00 e. The van der Waals surface area contributed by atoms with E-state index in [0.29, 0.717) is 92.9 Å². The molecule has 0 amide bonds. The molecule has 10 heteroatoms. The van der Waals surface area contributed by atoms with Crippen molar-refractivity contribution in [1.29, 1.82) is 0 Å². The fourth-order valence-corrected chi connectivity index (χ4v) is 6.01. The number of aliphatic imine (C=N–C) groups is 4. The van der Waals surface area contributed by atoms with Crippen molar-refractivity contribution < 1.29 is 59.4 Å². The molecular weight excluding hydrogens is 875 g/mol. The topological polar surface area (TPSA) is 142 Å². The maximum absolute atomic E-state index is 12.5. The smallest absolute Gasteiger partial charge is 0.872 e. The number of allylic oxidation sites excluding steroid dienone is 4. The Morgan fingerprint density at radius 2 is 0.532 bits per heavy atom. The molecule has 0 radical (unpaired) electrons. The minimum Gasteiger partial charge on any atom is -0.872 e. The summed E-state index contributed by atoms with van der Waals surface area (Å²) < 4.78 is 0. The van der Waals surface area contributed by atoms with Gasteiger partial charge in [0.25, 0.3) is 0 Å². The monoisotopic (exact) mass is 916 g/mol. The minimum atomic E-state index is -0.0582. The van der Waals surface area contributed by atoms with E-state index in [9.17, 15) is 20.4 Å². The van der Waals surface area contributed by atoms with Crippen molar-refractivity contribution in [3.63, 3.8) is 0 Å². The van der Waals surface area contributed by atoms with E-state index < -0.39 is 0 Å². The first kappa shape index (κ1) is 49.8. The second kappa shape index (κ2) is 25.9. The minimum absolute atomic E-state index is 0. The third kappa shape index (κ3) is 13.7. The fourth-order valence-electron chi connectivity index (χ4n) is 6.01. The largest absolute Gasteiger partial charge is 2.00 e. The van der Waals surface area contributed by atoms with Crippen molar-refractivity contribution in [2.45, 2.75) is 25.7 Å². The Balaban J connectivity index is 0.000000320. The summed E-state index contributed by atoms with van der Waals surface area (Å²) in [6.45, 7) is 14.7. The molecule has 0 aliphatic heterocycles. The number of benzene rings is 6. The molecule has 0 aliphatic carbocycles. The van der Waals surface area contributed by atoms with Crippen molar-refractivity contribution >= 4 is 47.6 Å². The Kier molecular flexibility index (Phi) is 20.8. The molecule has 0 saturated heterocycles. The van der Waals surface area contributed by atoms with E-state index in [4.69, 9.17) is 0 Å². The normalized spacial score (nSPS) is 10.8. The molecule has 0 aromatic heterocycles. The van der Waals surface area contributed by atoms with Gasteiger partial charge in [0.05, 0.1) is 22.7 Å². The summed E-state index contributed by atoms with van der Waals surface area (Å²) in [7, 11) is 0. The van der Waals surface area contributed by atoms with Gasteiger partial charge < -0.3 is 20.4 Å². The van der Waals surface area contributed by atoms with Crippen molar-refractivity contribution in [2.24, 2.45) is 20.0 Å². The van der Waals surface area contributed by atoms with Gasteiger partial charge in [0.1, 0.15) is 0 Å². The molecular formula is C52H44N4O4Zn2. The molecule has 0 bridgehead atoms. The zero-order valence-corrected chi connectivity index (χ0v) is 40.6. The average Bonchev–Trinajstić information content (AvgIpc) is 3.26. The van der Waals surface area contributed by atoms with Gasteiger partial charge >= 0.3 is 39.0 Å². The average molecular weight is 920 g/mol. The molecule has 0 unspecified atom stereocenters. The first-order valence-corrected chi connectivity index (χ1v) is 19.2. The van der Waals surface area contributed by atoms with Gasteiger partial charge in [-0.15, -0.1) is 26.3 Å². The summed E-state index contributed by atoms with van der Waals surface area (Å²) >= 11 is 0. The van der Waals surface area contributed by atoms with E-state index in [-0.39, 0.29) is 62.0 Å². The standard InChI is InChI=1S/2C26H24N2O2.2Zn/c2*1-3-9-19-11-7-13-21(25(19)29)17-27-23-15-5-6-16-24(23)28-18-22-14-8-12-20(10-4-2)26(22)30;;/h2*3-8,11-18,29-30H,1-2,9-10H2;;/q;;2*+2/p-4. The molecule has 300 valence electrons. The Morgan fingerprint density at radius 1 is 0.323 bits per heavy atom. The van der Waals surface area contributed by atoms with Crippen molar-refractivity contribution in [2.75, 3.05) is 0 Å². The quantitative estimate of drug-likeness (QED) is 0.0542. The summed E-state index contributed by atoms with van der Waals surface area (Å²) in [5, 5.41) is 50.0. The van der Waals surface area contributed by atoms with E-state index >= 15 is 0 Å². The Morgan fingerprint density at radius 3 is 0.726 bits per heavy atom. The van der Waals surface area contributed by atoms with Crippen LogP contribution in [-0.2, 0) is 64.6 Å². The molecule has 6 rings (SSSR count). The molecule has 0 saturated carbocycles. The molecule has 8 nitrogen and oxygen atoms in total. The van der Waals surface area contributed by atoms with Crippen LogP contribution in [0.3, 0.4) is 0 Å². The Bertz CT molecular complexity index is 2240. The molecule has 0 N–H and O–H groups in total. The Hall–Kier alpha value is -6.59. The van der Waals surface area contributed by atoms with Crippen LogP contribution in [0.5, 0.6) is 23.0 Å². The van der Waals surface area contributed by atoms with Crippen LogP contribution in [0.15, 0.2) is 192 Å². The summed E-state index contributed by atoms with van der Waals surface area (Å²) in [4.78, 5) is 17.9. The zero-order chi connectivity index (χ0) is 42.7. The van der Waals surface area contributed by atoms with Gasteiger partial charge in [0.15, 0.2) is 0 Å². The van der Waals surface area contributed by atoms with Crippen LogP contribution in [0.2, 0.25) is 0 Å². The number of hydrogen-bond acceptors (Lipinski definition) is 8.